The molecule has 0 aliphatic rings. The van der Waals surface area contributed by atoms with Gasteiger partial charge < -0.3 is 9.47 Å². The van der Waals surface area contributed by atoms with E-state index in [9.17, 15) is 9.59 Å². The zero-order valence-electron chi connectivity index (χ0n) is 14.4. The van der Waals surface area contributed by atoms with Crippen LogP contribution in [0.2, 0.25) is 0 Å². The number of carbonyl (C=O) groups excluding carboxylic acids is 2. The summed E-state index contributed by atoms with van der Waals surface area (Å²) in [6.45, 7) is 0.813. The number of carbonyl (C=O) groups is 2. The number of unbranched alkanes of at least 4 members (excludes halogenated alkanes) is 2. The van der Waals surface area contributed by atoms with Crippen LogP contribution in [0.1, 0.15) is 30.4 Å². The largest absolute Gasteiger partial charge is 0.465 e. The first-order chi connectivity index (χ1) is 12.2. The van der Waals surface area contributed by atoms with Gasteiger partial charge in [-0.15, -0.1) is 0 Å². The monoisotopic (exact) mass is 340 g/mol. The van der Waals surface area contributed by atoms with Crippen LogP contribution in [0.15, 0.2) is 60.7 Å². The molecule has 0 N–H and O–H groups in total. The molecule has 0 aliphatic carbocycles. The first-order valence-corrected chi connectivity index (χ1v) is 8.63. The fourth-order valence-corrected chi connectivity index (χ4v) is 2.38. The highest BCUT2D eigenvalue weighted by atomic mass is 16.5. The maximum Gasteiger partial charge on any atom is 0.310 e. The van der Waals surface area contributed by atoms with Crippen LogP contribution in [-0.4, -0.2) is 25.2 Å². The SMILES string of the molecule is O=C(Cc1ccccc1)OCCCCCOC(=O)Cc1ccccc1. The lowest BCUT2D eigenvalue weighted by molar-refractivity contribution is -0.143. The highest BCUT2D eigenvalue weighted by molar-refractivity contribution is 5.72. The molecule has 2 aromatic rings. The molecule has 0 saturated heterocycles. The van der Waals surface area contributed by atoms with E-state index >= 15 is 0 Å². The lowest BCUT2D eigenvalue weighted by atomic mass is 10.1. The second kappa shape index (κ2) is 11.0. The molecule has 0 spiro atoms. The van der Waals surface area contributed by atoms with Gasteiger partial charge in [0.15, 0.2) is 0 Å². The standard InChI is InChI=1S/C21H24O4/c22-20(16-18-10-4-1-5-11-18)24-14-8-3-9-15-25-21(23)17-19-12-6-2-7-13-19/h1-2,4-7,10-13H,3,8-9,14-17H2. The van der Waals surface area contributed by atoms with Gasteiger partial charge in [-0.2, -0.15) is 0 Å². The quantitative estimate of drug-likeness (QED) is 0.488. The van der Waals surface area contributed by atoms with Crippen molar-refractivity contribution < 1.29 is 19.1 Å². The van der Waals surface area contributed by atoms with Gasteiger partial charge in [-0.1, -0.05) is 60.7 Å². The fourth-order valence-electron chi connectivity index (χ4n) is 2.38. The van der Waals surface area contributed by atoms with Crippen molar-refractivity contribution in [2.75, 3.05) is 13.2 Å². The van der Waals surface area contributed by atoms with E-state index in [1.54, 1.807) is 0 Å². The van der Waals surface area contributed by atoms with Crippen molar-refractivity contribution in [3.05, 3.63) is 71.8 Å². The van der Waals surface area contributed by atoms with E-state index in [-0.39, 0.29) is 11.9 Å². The molecule has 0 aliphatic heterocycles. The van der Waals surface area contributed by atoms with Gasteiger partial charge in [0.25, 0.3) is 0 Å². The van der Waals surface area contributed by atoms with Crippen LogP contribution in [0.4, 0.5) is 0 Å². The van der Waals surface area contributed by atoms with Crippen LogP contribution in [0.5, 0.6) is 0 Å². The van der Waals surface area contributed by atoms with Crippen molar-refractivity contribution in [3.8, 4) is 0 Å². The van der Waals surface area contributed by atoms with Gasteiger partial charge in [-0.05, 0) is 30.4 Å². The zero-order valence-corrected chi connectivity index (χ0v) is 14.4. The number of hydrogen-bond acceptors (Lipinski definition) is 4. The number of hydrogen-bond donors (Lipinski definition) is 0. The molecule has 0 heterocycles. The molecule has 0 atom stereocenters. The third kappa shape index (κ3) is 8.15. The highest BCUT2D eigenvalue weighted by Crippen LogP contribution is 2.04. The molecular formula is C21H24O4. The maximum absolute atomic E-state index is 11.7. The molecule has 4 nitrogen and oxygen atoms in total. The van der Waals surface area contributed by atoms with Gasteiger partial charge in [0.05, 0.1) is 26.1 Å². The van der Waals surface area contributed by atoms with Crippen LogP contribution in [0.3, 0.4) is 0 Å². The summed E-state index contributed by atoms with van der Waals surface area (Å²) >= 11 is 0. The second-order valence-electron chi connectivity index (χ2n) is 5.83. The summed E-state index contributed by atoms with van der Waals surface area (Å²) in [5, 5.41) is 0. The normalized spacial score (nSPS) is 10.2. The molecule has 25 heavy (non-hydrogen) atoms. The van der Waals surface area contributed by atoms with Crippen molar-refractivity contribution >= 4 is 11.9 Å². The Morgan fingerprint density at radius 2 is 1.00 bits per heavy atom. The molecular weight excluding hydrogens is 316 g/mol. The van der Waals surface area contributed by atoms with Crippen LogP contribution in [0.25, 0.3) is 0 Å². The van der Waals surface area contributed by atoms with E-state index in [1.807, 2.05) is 60.7 Å². The summed E-state index contributed by atoms with van der Waals surface area (Å²) in [5.74, 6) is -0.416. The first kappa shape index (κ1) is 18.7. The van der Waals surface area contributed by atoms with Crippen molar-refractivity contribution in [3.63, 3.8) is 0 Å². The highest BCUT2D eigenvalue weighted by Gasteiger charge is 2.05. The summed E-state index contributed by atoms with van der Waals surface area (Å²) in [4.78, 5) is 23.3. The number of esters is 2. The second-order valence-corrected chi connectivity index (χ2v) is 5.83. The third-order valence-corrected chi connectivity index (χ3v) is 3.70. The van der Waals surface area contributed by atoms with E-state index in [1.165, 1.54) is 0 Å². The Balaban J connectivity index is 1.46. The molecule has 2 rings (SSSR count). The van der Waals surface area contributed by atoms with Gasteiger partial charge in [-0.3, -0.25) is 9.59 Å². The van der Waals surface area contributed by atoms with Crippen molar-refractivity contribution in [1.29, 1.82) is 0 Å². The van der Waals surface area contributed by atoms with E-state index in [0.717, 1.165) is 30.4 Å². The Morgan fingerprint density at radius 1 is 0.600 bits per heavy atom. The van der Waals surface area contributed by atoms with Gasteiger partial charge in [0.2, 0.25) is 0 Å². The Labute approximate surface area is 148 Å². The Hall–Kier alpha value is -2.62. The summed E-state index contributed by atoms with van der Waals surface area (Å²) in [5.41, 5.74) is 1.91. The van der Waals surface area contributed by atoms with E-state index in [4.69, 9.17) is 9.47 Å². The molecule has 0 aromatic heterocycles. The zero-order chi connectivity index (χ0) is 17.7. The maximum atomic E-state index is 11.7. The molecule has 0 saturated carbocycles. The predicted molar refractivity (Wildman–Crippen MR) is 96.1 cm³/mol. The molecule has 0 radical (unpaired) electrons. The minimum Gasteiger partial charge on any atom is -0.465 e. The minimum atomic E-state index is -0.208. The molecule has 0 unspecified atom stereocenters. The Kier molecular flexibility index (Phi) is 8.25. The van der Waals surface area contributed by atoms with Crippen LogP contribution in [0, 0.1) is 0 Å². The van der Waals surface area contributed by atoms with Crippen molar-refractivity contribution in [1.82, 2.24) is 0 Å². The predicted octanol–water partition coefficient (Wildman–Crippen LogP) is 3.73. The van der Waals surface area contributed by atoms with Crippen LogP contribution >= 0.6 is 0 Å². The number of rotatable bonds is 10. The van der Waals surface area contributed by atoms with E-state index < -0.39 is 0 Å². The number of ether oxygens (including phenoxy) is 2. The van der Waals surface area contributed by atoms with Crippen LogP contribution in [-0.2, 0) is 31.9 Å². The minimum absolute atomic E-state index is 0.208. The smallest absolute Gasteiger partial charge is 0.310 e. The summed E-state index contributed by atoms with van der Waals surface area (Å²) < 4.78 is 10.4. The van der Waals surface area contributed by atoms with Crippen molar-refractivity contribution in [2.45, 2.75) is 32.1 Å². The average Bonchev–Trinajstić information content (AvgIpc) is 2.62. The lowest BCUT2D eigenvalue weighted by Gasteiger charge is -2.06. The first-order valence-electron chi connectivity index (χ1n) is 8.63. The summed E-state index contributed by atoms with van der Waals surface area (Å²) in [6, 6.07) is 19.1. The average molecular weight is 340 g/mol. The molecule has 4 heteroatoms. The van der Waals surface area contributed by atoms with Gasteiger partial charge in [-0.25, -0.2) is 0 Å². The lowest BCUT2D eigenvalue weighted by Crippen LogP contribution is -2.10. The Morgan fingerprint density at radius 3 is 1.40 bits per heavy atom. The fraction of sp³-hybridized carbons (Fsp3) is 0.333. The molecule has 132 valence electrons. The summed E-state index contributed by atoms with van der Waals surface area (Å²) in [6.07, 6.45) is 3.01. The summed E-state index contributed by atoms with van der Waals surface area (Å²) in [7, 11) is 0. The van der Waals surface area contributed by atoms with Crippen LogP contribution < -0.4 is 0 Å². The van der Waals surface area contributed by atoms with Gasteiger partial charge in [0.1, 0.15) is 0 Å². The third-order valence-electron chi connectivity index (χ3n) is 3.70. The van der Waals surface area contributed by atoms with Crippen molar-refractivity contribution in [2.24, 2.45) is 0 Å². The molecule has 2 aromatic carbocycles. The molecule has 0 amide bonds. The van der Waals surface area contributed by atoms with Gasteiger partial charge >= 0.3 is 11.9 Å². The molecule has 0 fully saturated rings. The van der Waals surface area contributed by atoms with Gasteiger partial charge in [0, 0.05) is 0 Å². The van der Waals surface area contributed by atoms with E-state index in [2.05, 4.69) is 0 Å². The Bertz CT molecular complexity index is 580. The van der Waals surface area contributed by atoms with E-state index in [0.29, 0.717) is 26.1 Å². The topological polar surface area (TPSA) is 52.6 Å². The number of benzene rings is 2. The molecule has 0 bridgehead atoms.